The third kappa shape index (κ3) is 6.12. The lowest BCUT2D eigenvalue weighted by atomic mass is 9.86. The van der Waals surface area contributed by atoms with Crippen molar-refractivity contribution in [2.75, 3.05) is 5.75 Å². The number of Topliss-reactive ketones (excluding diaryl/α,β-unsaturated/α-hetero) is 1. The van der Waals surface area contributed by atoms with Crippen LogP contribution in [0.15, 0.2) is 53.4 Å². The van der Waals surface area contributed by atoms with Crippen LogP contribution >= 0.6 is 0 Å². The van der Waals surface area contributed by atoms with Gasteiger partial charge in [-0.05, 0) is 41.7 Å². The lowest BCUT2D eigenvalue weighted by Gasteiger charge is -2.18. The molecule has 0 atom stereocenters. The van der Waals surface area contributed by atoms with E-state index in [4.69, 9.17) is 4.18 Å². The van der Waals surface area contributed by atoms with E-state index >= 15 is 0 Å². The highest BCUT2D eigenvalue weighted by Crippen LogP contribution is 2.24. The Morgan fingerprint density at radius 1 is 0.969 bits per heavy atom. The van der Waals surface area contributed by atoms with Crippen molar-refractivity contribution >= 4 is 30.8 Å². The number of benzene rings is 2. The fraction of sp³-hybridized carbons (Fsp3) is 0.364. The number of rotatable bonds is 8. The van der Waals surface area contributed by atoms with E-state index in [1.165, 1.54) is 12.1 Å². The number of nitrogens with zero attached hydrogens (tertiary/aromatic N) is 2. The van der Waals surface area contributed by atoms with Gasteiger partial charge in [-0.15, -0.1) is 4.79 Å². The van der Waals surface area contributed by atoms with Crippen LogP contribution in [0.5, 0.6) is 5.75 Å². The molecule has 0 aliphatic heterocycles. The van der Waals surface area contributed by atoms with Crippen molar-refractivity contribution in [2.24, 2.45) is 0 Å². The van der Waals surface area contributed by atoms with Gasteiger partial charge in [0.1, 0.15) is 5.75 Å². The third-order valence-electron chi connectivity index (χ3n) is 4.66. The number of unbranched alkanes of at least 4 members (excludes halogenated alkanes) is 1. The monoisotopic (exact) mass is 478 g/mol. The second-order valence-electron chi connectivity index (χ2n) is 8.24. The molecule has 0 saturated carbocycles. The lowest BCUT2D eigenvalue weighted by molar-refractivity contribution is -0.00158. The minimum atomic E-state index is -4.47. The molecule has 0 bridgehead atoms. The average Bonchev–Trinajstić information content (AvgIpc) is 2.72. The van der Waals surface area contributed by atoms with Gasteiger partial charge in [-0.2, -0.15) is 8.42 Å². The van der Waals surface area contributed by atoms with E-state index in [1.807, 2.05) is 27.7 Å². The van der Waals surface area contributed by atoms with E-state index in [9.17, 15) is 27.2 Å². The van der Waals surface area contributed by atoms with Crippen molar-refractivity contribution in [3.05, 3.63) is 65.2 Å². The first-order valence-corrected chi connectivity index (χ1v) is 13.0. The zero-order valence-corrected chi connectivity index (χ0v) is 20.0. The summed E-state index contributed by atoms with van der Waals surface area (Å²) in [4.78, 5) is 15.1. The van der Waals surface area contributed by atoms with E-state index in [2.05, 4.69) is 4.79 Å². The van der Waals surface area contributed by atoms with Crippen LogP contribution in [0.4, 0.5) is 0 Å². The Hall–Kier alpha value is -2.81. The highest BCUT2D eigenvalue weighted by atomic mass is 32.2. The normalized spacial score (nSPS) is 12.1. The smallest absolute Gasteiger partial charge is 0.382 e. The zero-order chi connectivity index (χ0) is 24.2. The first kappa shape index (κ1) is 25.5. The van der Waals surface area contributed by atoms with E-state index in [0.717, 1.165) is 29.8 Å². The van der Waals surface area contributed by atoms with Gasteiger partial charge < -0.3 is 9.71 Å². The molecule has 0 amide bonds. The molecule has 10 heteroatoms. The molecule has 0 heterocycles. The van der Waals surface area contributed by atoms with Crippen molar-refractivity contribution in [3.8, 4) is 5.75 Å². The number of sulfone groups is 1. The molecule has 0 saturated heterocycles. The predicted octanol–water partition coefficient (Wildman–Crippen LogP) is 3.78. The van der Waals surface area contributed by atoms with Crippen LogP contribution in [0.3, 0.4) is 0 Å². The highest BCUT2D eigenvalue weighted by molar-refractivity contribution is 8.08. The summed E-state index contributed by atoms with van der Waals surface area (Å²) in [5.41, 5.74) is 10.2. The largest absolute Gasteiger partial charge is 0.456 e. The number of hydrogen-bond donors (Lipinski definition) is 0. The van der Waals surface area contributed by atoms with Crippen molar-refractivity contribution in [2.45, 2.75) is 50.8 Å². The zero-order valence-electron chi connectivity index (χ0n) is 18.4. The second kappa shape index (κ2) is 9.77. The second-order valence-corrected chi connectivity index (χ2v) is 11.8. The molecular formula is C22H26N2O6S2. The van der Waals surface area contributed by atoms with Crippen LogP contribution in [0.25, 0.3) is 5.53 Å². The van der Waals surface area contributed by atoms with E-state index in [-0.39, 0.29) is 27.4 Å². The molecule has 2 rings (SSSR count). The Morgan fingerprint density at radius 2 is 1.53 bits per heavy atom. The van der Waals surface area contributed by atoms with Crippen molar-refractivity contribution in [3.63, 3.8) is 0 Å². The van der Waals surface area contributed by atoms with Gasteiger partial charge in [0.25, 0.3) is 15.6 Å². The molecule has 0 aromatic heterocycles. The van der Waals surface area contributed by atoms with Crippen molar-refractivity contribution in [1.82, 2.24) is 0 Å². The molecule has 172 valence electrons. The standard InChI is InChI=1S/C22H26N2O6S2/c1-5-6-15-31(26,27)30-18-11-13-19(14-12-18)32(28,29)21(24-23)20(25)16-7-9-17(10-8-16)22(2,3)4/h7-14H,5-6,15H2,1-4H3. The molecule has 32 heavy (non-hydrogen) atoms. The summed E-state index contributed by atoms with van der Waals surface area (Å²) in [7, 11) is -8.26. The van der Waals surface area contributed by atoms with Gasteiger partial charge in [0.05, 0.1) is 10.6 Å². The Morgan fingerprint density at radius 3 is 2.00 bits per heavy atom. The van der Waals surface area contributed by atoms with Gasteiger partial charge in [-0.25, -0.2) is 8.42 Å². The van der Waals surface area contributed by atoms with Crippen molar-refractivity contribution < 1.29 is 30.6 Å². The summed E-state index contributed by atoms with van der Waals surface area (Å²) in [6, 6.07) is 10.9. The van der Waals surface area contributed by atoms with Gasteiger partial charge in [-0.1, -0.05) is 58.4 Å². The first-order valence-electron chi connectivity index (χ1n) is 9.96. The van der Waals surface area contributed by atoms with E-state index in [0.29, 0.717) is 12.8 Å². The number of hydrogen-bond acceptors (Lipinski definition) is 6. The summed E-state index contributed by atoms with van der Waals surface area (Å²) < 4.78 is 54.5. The molecule has 2 aromatic rings. The van der Waals surface area contributed by atoms with Gasteiger partial charge in [0, 0.05) is 5.56 Å². The minimum Gasteiger partial charge on any atom is -0.382 e. The quantitative estimate of drug-likeness (QED) is 0.142. The lowest BCUT2D eigenvalue weighted by Crippen LogP contribution is -2.26. The van der Waals surface area contributed by atoms with Crippen molar-refractivity contribution in [1.29, 1.82) is 0 Å². The Bertz CT molecular complexity index is 1230. The Labute approximate surface area is 188 Å². The minimum absolute atomic E-state index is 0.0522. The fourth-order valence-electron chi connectivity index (χ4n) is 2.76. The van der Waals surface area contributed by atoms with Gasteiger partial charge in [0.2, 0.25) is 0 Å². The Kier molecular flexibility index (Phi) is 7.77. The molecule has 0 spiro atoms. The summed E-state index contributed by atoms with van der Waals surface area (Å²) in [5.74, 6) is -1.19. The van der Waals surface area contributed by atoms with Gasteiger partial charge in [-0.3, -0.25) is 4.79 Å². The summed E-state index contributed by atoms with van der Waals surface area (Å²) in [6.07, 6.45) is 1.11. The SMILES string of the molecule is CCCCS(=O)(=O)Oc1ccc(S(=O)(=O)C(=[N+]=[N-])C(=O)c2ccc(C(C)(C)C)cc2)cc1. The van der Waals surface area contributed by atoms with E-state index < -0.39 is 30.8 Å². The average molecular weight is 479 g/mol. The van der Waals surface area contributed by atoms with Crippen LogP contribution in [-0.2, 0) is 25.4 Å². The molecule has 8 nitrogen and oxygen atoms in total. The molecule has 0 aliphatic rings. The number of carbonyl (C=O) groups excluding carboxylic acids is 1. The summed E-state index contributed by atoms with van der Waals surface area (Å²) in [6.45, 7) is 7.83. The topological polar surface area (TPSA) is 131 Å². The van der Waals surface area contributed by atoms with Crippen LogP contribution in [-0.4, -0.2) is 38.2 Å². The molecule has 0 N–H and O–H groups in total. The highest BCUT2D eigenvalue weighted by Gasteiger charge is 2.38. The first-order chi connectivity index (χ1) is 14.8. The van der Waals surface area contributed by atoms with Gasteiger partial charge >= 0.3 is 15.2 Å². The molecular weight excluding hydrogens is 452 g/mol. The summed E-state index contributed by atoms with van der Waals surface area (Å²) in [5, 5.41) is -1.04. The third-order valence-corrected chi connectivity index (χ3v) is 7.56. The molecule has 0 radical (unpaired) electrons. The Balaban J connectivity index is 2.29. The predicted molar refractivity (Wildman–Crippen MR) is 121 cm³/mol. The van der Waals surface area contributed by atoms with Crippen LogP contribution in [0, 0.1) is 0 Å². The molecule has 0 unspecified atom stereocenters. The number of carbonyl (C=O) groups is 1. The maximum absolute atomic E-state index is 12.9. The van der Waals surface area contributed by atoms with Crippen LogP contribution in [0.2, 0.25) is 0 Å². The molecule has 0 fully saturated rings. The van der Waals surface area contributed by atoms with Crippen LogP contribution < -0.4 is 4.18 Å². The molecule has 2 aromatic carbocycles. The van der Waals surface area contributed by atoms with Crippen LogP contribution in [0.1, 0.15) is 56.5 Å². The summed E-state index contributed by atoms with van der Waals surface area (Å²) >= 11 is 0. The maximum Gasteiger partial charge on any atom is 0.456 e. The maximum atomic E-state index is 12.9. The molecule has 0 aliphatic carbocycles. The van der Waals surface area contributed by atoms with E-state index in [1.54, 1.807) is 12.1 Å². The van der Waals surface area contributed by atoms with Gasteiger partial charge in [0.15, 0.2) is 0 Å². The number of ketones is 1. The fourth-order valence-corrected chi connectivity index (χ4v) is 5.08.